The van der Waals surface area contributed by atoms with Crippen LogP contribution in [-0.2, 0) is 23.2 Å². The molecule has 0 aliphatic rings. The van der Waals surface area contributed by atoms with E-state index in [0.717, 1.165) is 11.1 Å². The van der Waals surface area contributed by atoms with Gasteiger partial charge in [0.15, 0.2) is 11.5 Å². The van der Waals surface area contributed by atoms with E-state index in [-0.39, 0.29) is 17.3 Å². The summed E-state index contributed by atoms with van der Waals surface area (Å²) < 4.78 is 39.4. The Morgan fingerprint density at radius 1 is 0.882 bits per heavy atom. The molecule has 0 atom stereocenters. The van der Waals surface area contributed by atoms with E-state index < -0.39 is 10.0 Å². The number of nitrogens with one attached hydrogen (secondary N) is 1. The number of sulfonamides is 1. The molecule has 3 aromatic rings. The van der Waals surface area contributed by atoms with Crippen molar-refractivity contribution in [1.82, 2.24) is 9.62 Å². The van der Waals surface area contributed by atoms with Crippen LogP contribution < -0.4 is 14.2 Å². The summed E-state index contributed by atoms with van der Waals surface area (Å²) in [5.74, 6) is 0.974. The Hall–Kier alpha value is -3.36. The highest BCUT2D eigenvalue weighted by Crippen LogP contribution is 2.29. The normalized spacial score (nSPS) is 11.1. The minimum absolute atomic E-state index is 0.0811. The molecule has 1 amide bonds. The average Bonchev–Trinajstić information content (AvgIpc) is 2.87. The zero-order valence-electron chi connectivity index (χ0n) is 19.7. The molecule has 0 aliphatic carbocycles. The number of carbonyl (C=O) groups is 1. The highest BCUT2D eigenvalue weighted by molar-refractivity contribution is 7.89. The van der Waals surface area contributed by atoms with Crippen molar-refractivity contribution in [3.05, 3.63) is 89.5 Å². The number of hydrogen-bond acceptors (Lipinski definition) is 5. The molecule has 8 heteroatoms. The summed E-state index contributed by atoms with van der Waals surface area (Å²) in [6.07, 6.45) is 0. The number of benzene rings is 3. The Kier molecular flexibility index (Phi) is 8.67. The van der Waals surface area contributed by atoms with Gasteiger partial charge in [-0.05, 0) is 61.4 Å². The van der Waals surface area contributed by atoms with Gasteiger partial charge in [-0.15, -0.1) is 0 Å². The molecule has 0 radical (unpaired) electrons. The van der Waals surface area contributed by atoms with E-state index in [1.54, 1.807) is 30.2 Å². The second-order valence-electron chi connectivity index (χ2n) is 7.59. The van der Waals surface area contributed by atoms with Crippen LogP contribution in [0.3, 0.4) is 0 Å². The molecule has 0 aliphatic heterocycles. The van der Waals surface area contributed by atoms with E-state index in [4.69, 9.17) is 9.47 Å². The Morgan fingerprint density at radius 3 is 2.18 bits per heavy atom. The van der Waals surface area contributed by atoms with E-state index in [1.807, 2.05) is 44.2 Å². The zero-order chi connectivity index (χ0) is 24.6. The summed E-state index contributed by atoms with van der Waals surface area (Å²) in [6, 6.07) is 21.0. The van der Waals surface area contributed by atoms with E-state index in [0.29, 0.717) is 36.8 Å². The summed E-state index contributed by atoms with van der Waals surface area (Å²) in [6.45, 7) is 5.48. The minimum atomic E-state index is -3.76. The lowest BCUT2D eigenvalue weighted by Crippen LogP contribution is -2.30. The lowest BCUT2D eigenvalue weighted by molar-refractivity contribution is 0.0773. The van der Waals surface area contributed by atoms with Crippen molar-refractivity contribution in [2.45, 2.75) is 31.9 Å². The Labute approximate surface area is 201 Å². The highest BCUT2D eigenvalue weighted by Gasteiger charge is 2.17. The Bertz CT molecular complexity index is 1190. The molecule has 34 heavy (non-hydrogen) atoms. The van der Waals surface area contributed by atoms with Gasteiger partial charge >= 0.3 is 0 Å². The van der Waals surface area contributed by atoms with Crippen LogP contribution in [0, 0.1) is 0 Å². The fourth-order valence-corrected chi connectivity index (χ4v) is 4.43. The number of hydrogen-bond donors (Lipinski definition) is 1. The lowest BCUT2D eigenvalue weighted by Gasteiger charge is -2.18. The molecular weight excluding hydrogens is 452 g/mol. The first-order valence-corrected chi connectivity index (χ1v) is 12.6. The van der Waals surface area contributed by atoms with E-state index in [1.165, 1.54) is 24.3 Å². The van der Waals surface area contributed by atoms with Crippen molar-refractivity contribution < 1.29 is 22.7 Å². The van der Waals surface area contributed by atoms with Gasteiger partial charge in [-0.3, -0.25) is 4.79 Å². The van der Waals surface area contributed by atoms with Crippen molar-refractivity contribution in [3.8, 4) is 11.5 Å². The quantitative estimate of drug-likeness (QED) is 0.442. The average molecular weight is 483 g/mol. The van der Waals surface area contributed by atoms with Gasteiger partial charge in [0.1, 0.15) is 6.61 Å². The number of rotatable bonds is 11. The predicted octanol–water partition coefficient (Wildman–Crippen LogP) is 4.23. The maximum atomic E-state index is 12.8. The fourth-order valence-electron chi connectivity index (χ4n) is 3.41. The molecule has 0 fully saturated rings. The van der Waals surface area contributed by atoms with Gasteiger partial charge in [-0.2, -0.15) is 0 Å². The van der Waals surface area contributed by atoms with E-state index in [2.05, 4.69) is 4.72 Å². The van der Waals surface area contributed by atoms with E-state index in [9.17, 15) is 13.2 Å². The smallest absolute Gasteiger partial charge is 0.253 e. The standard InChI is InChI=1S/C26H30N2O5S/c1-4-28(5-2)26(29)22-12-14-23(15-13-22)34(30,31)27-18-21-11-16-24(25(17-21)32-3)33-19-20-9-7-6-8-10-20/h6-17,27H,4-5,18-19H2,1-3H3. The third kappa shape index (κ3) is 6.36. The molecule has 0 bridgehead atoms. The predicted molar refractivity (Wildman–Crippen MR) is 131 cm³/mol. The summed E-state index contributed by atoms with van der Waals surface area (Å²) in [5.41, 5.74) is 2.21. The molecule has 0 saturated heterocycles. The number of carbonyl (C=O) groups excluding carboxylic acids is 1. The van der Waals surface area contributed by atoms with Gasteiger partial charge in [-0.1, -0.05) is 36.4 Å². The third-order valence-corrected chi connectivity index (χ3v) is 6.81. The molecule has 0 spiro atoms. The number of nitrogens with zero attached hydrogens (tertiary/aromatic N) is 1. The fraction of sp³-hybridized carbons (Fsp3) is 0.269. The molecule has 0 unspecified atom stereocenters. The van der Waals surface area contributed by atoms with Crippen LogP contribution in [0.5, 0.6) is 11.5 Å². The number of amides is 1. The largest absolute Gasteiger partial charge is 0.493 e. The van der Waals surface area contributed by atoms with Crippen LogP contribution in [0.25, 0.3) is 0 Å². The molecule has 0 saturated carbocycles. The Balaban J connectivity index is 1.65. The SMILES string of the molecule is CCN(CC)C(=O)c1ccc(S(=O)(=O)NCc2ccc(OCc3ccccc3)c(OC)c2)cc1. The molecule has 7 nitrogen and oxygen atoms in total. The summed E-state index contributed by atoms with van der Waals surface area (Å²) in [7, 11) is -2.21. The van der Waals surface area contributed by atoms with Gasteiger partial charge in [0.2, 0.25) is 10.0 Å². The van der Waals surface area contributed by atoms with Gasteiger partial charge in [-0.25, -0.2) is 13.1 Å². The molecule has 0 heterocycles. The lowest BCUT2D eigenvalue weighted by atomic mass is 10.2. The van der Waals surface area contributed by atoms with Gasteiger partial charge < -0.3 is 14.4 Å². The van der Waals surface area contributed by atoms with Crippen LogP contribution in [0.15, 0.2) is 77.7 Å². The van der Waals surface area contributed by atoms with Crippen LogP contribution in [-0.4, -0.2) is 39.4 Å². The second-order valence-corrected chi connectivity index (χ2v) is 9.35. The first-order valence-electron chi connectivity index (χ1n) is 11.1. The maximum absolute atomic E-state index is 12.8. The zero-order valence-corrected chi connectivity index (χ0v) is 20.5. The summed E-state index contributed by atoms with van der Waals surface area (Å²) in [5, 5.41) is 0. The van der Waals surface area contributed by atoms with Gasteiger partial charge in [0.25, 0.3) is 5.91 Å². The molecule has 1 N–H and O–H groups in total. The van der Waals surface area contributed by atoms with E-state index >= 15 is 0 Å². The van der Waals surface area contributed by atoms with Gasteiger partial charge in [0.05, 0.1) is 12.0 Å². The molecule has 3 aromatic carbocycles. The first-order chi connectivity index (χ1) is 16.4. The van der Waals surface area contributed by atoms with Crippen LogP contribution in [0.4, 0.5) is 0 Å². The van der Waals surface area contributed by atoms with Crippen LogP contribution in [0.1, 0.15) is 35.3 Å². The topological polar surface area (TPSA) is 84.9 Å². The molecule has 0 aromatic heterocycles. The molecule has 3 rings (SSSR count). The van der Waals surface area contributed by atoms with Crippen molar-refractivity contribution in [3.63, 3.8) is 0 Å². The molecular formula is C26H30N2O5S. The maximum Gasteiger partial charge on any atom is 0.253 e. The van der Waals surface area contributed by atoms with Crippen molar-refractivity contribution in [1.29, 1.82) is 0 Å². The molecule has 180 valence electrons. The minimum Gasteiger partial charge on any atom is -0.493 e. The van der Waals surface area contributed by atoms with Crippen molar-refractivity contribution in [2.75, 3.05) is 20.2 Å². The third-order valence-electron chi connectivity index (χ3n) is 5.39. The summed E-state index contributed by atoms with van der Waals surface area (Å²) in [4.78, 5) is 14.2. The highest BCUT2D eigenvalue weighted by atomic mass is 32.2. The second kappa shape index (κ2) is 11.7. The summed E-state index contributed by atoms with van der Waals surface area (Å²) >= 11 is 0. The van der Waals surface area contributed by atoms with Crippen molar-refractivity contribution in [2.24, 2.45) is 0 Å². The van der Waals surface area contributed by atoms with Gasteiger partial charge in [0, 0.05) is 25.2 Å². The van der Waals surface area contributed by atoms with Crippen molar-refractivity contribution >= 4 is 15.9 Å². The first kappa shape index (κ1) is 25.3. The Morgan fingerprint density at radius 2 is 1.56 bits per heavy atom. The monoisotopic (exact) mass is 482 g/mol. The van der Waals surface area contributed by atoms with Crippen LogP contribution >= 0.6 is 0 Å². The number of ether oxygens (including phenoxy) is 2. The number of methoxy groups -OCH3 is 1. The van der Waals surface area contributed by atoms with Crippen LogP contribution in [0.2, 0.25) is 0 Å².